The molecule has 0 heterocycles. The monoisotopic (exact) mass is 272 g/mol. The van der Waals surface area contributed by atoms with Gasteiger partial charge in [-0.15, -0.1) is 0 Å². The largest absolute Gasteiger partial charge is 0.397 e. The highest BCUT2D eigenvalue weighted by Crippen LogP contribution is 2.23. The van der Waals surface area contributed by atoms with Crippen LogP contribution in [0.5, 0.6) is 0 Å². The van der Waals surface area contributed by atoms with Crippen molar-refractivity contribution in [2.75, 3.05) is 18.2 Å². The molecule has 0 spiro atoms. The molecule has 1 aromatic carbocycles. The maximum absolute atomic E-state index is 11.5. The molecule has 0 aliphatic carbocycles. The van der Waals surface area contributed by atoms with E-state index in [9.17, 15) is 4.79 Å². The fourth-order valence-electron chi connectivity index (χ4n) is 0.989. The Bertz CT molecular complexity index is 368. The summed E-state index contributed by atoms with van der Waals surface area (Å²) in [6.07, 6.45) is -0.493. The molecule has 0 aliphatic rings. The third-order valence-corrected chi connectivity index (χ3v) is 2.49. The van der Waals surface area contributed by atoms with Gasteiger partial charge < -0.3 is 15.8 Å². The standard InChI is InChI=1S/C10H13BrN2O2/c1-6(15-2)10(14)13-9-4-3-7(11)5-8(9)12/h3-6H,12H2,1-2H3,(H,13,14). The van der Waals surface area contributed by atoms with Crippen LogP contribution in [0.25, 0.3) is 0 Å². The molecule has 15 heavy (non-hydrogen) atoms. The van der Waals surface area contributed by atoms with Crippen molar-refractivity contribution in [2.24, 2.45) is 0 Å². The van der Waals surface area contributed by atoms with Gasteiger partial charge in [0.25, 0.3) is 5.91 Å². The van der Waals surface area contributed by atoms with E-state index in [0.29, 0.717) is 11.4 Å². The highest BCUT2D eigenvalue weighted by molar-refractivity contribution is 9.10. The number of methoxy groups -OCH3 is 1. The molecule has 0 saturated carbocycles. The Morgan fingerprint density at radius 1 is 1.60 bits per heavy atom. The van der Waals surface area contributed by atoms with Crippen LogP contribution in [0.2, 0.25) is 0 Å². The Hall–Kier alpha value is -1.07. The number of nitrogen functional groups attached to an aromatic ring is 1. The van der Waals surface area contributed by atoms with Crippen molar-refractivity contribution in [1.82, 2.24) is 0 Å². The molecule has 0 saturated heterocycles. The molecular formula is C10H13BrN2O2. The Morgan fingerprint density at radius 3 is 2.80 bits per heavy atom. The smallest absolute Gasteiger partial charge is 0.253 e. The number of anilines is 2. The number of nitrogens with one attached hydrogen (secondary N) is 1. The van der Waals surface area contributed by atoms with E-state index in [0.717, 1.165) is 4.47 Å². The van der Waals surface area contributed by atoms with Gasteiger partial charge in [-0.3, -0.25) is 4.79 Å². The molecule has 1 atom stereocenters. The maximum Gasteiger partial charge on any atom is 0.253 e. The summed E-state index contributed by atoms with van der Waals surface area (Å²) in [6, 6.07) is 5.27. The van der Waals surface area contributed by atoms with Crippen LogP contribution in [-0.4, -0.2) is 19.1 Å². The van der Waals surface area contributed by atoms with Crippen molar-refractivity contribution < 1.29 is 9.53 Å². The molecular weight excluding hydrogens is 260 g/mol. The summed E-state index contributed by atoms with van der Waals surface area (Å²) in [5.41, 5.74) is 6.83. The second-order valence-electron chi connectivity index (χ2n) is 3.10. The van der Waals surface area contributed by atoms with Crippen molar-refractivity contribution in [1.29, 1.82) is 0 Å². The zero-order valence-electron chi connectivity index (χ0n) is 8.58. The lowest BCUT2D eigenvalue weighted by Gasteiger charge is -2.12. The minimum absolute atomic E-state index is 0.216. The number of hydrogen-bond acceptors (Lipinski definition) is 3. The van der Waals surface area contributed by atoms with Gasteiger partial charge in [-0.1, -0.05) is 15.9 Å². The number of carbonyl (C=O) groups excluding carboxylic acids is 1. The number of hydrogen-bond donors (Lipinski definition) is 2. The van der Waals surface area contributed by atoms with Crippen LogP contribution in [-0.2, 0) is 9.53 Å². The molecule has 1 aromatic rings. The molecule has 0 aliphatic heterocycles. The van der Waals surface area contributed by atoms with Crippen molar-refractivity contribution in [3.05, 3.63) is 22.7 Å². The highest BCUT2D eigenvalue weighted by atomic mass is 79.9. The van der Waals surface area contributed by atoms with E-state index in [4.69, 9.17) is 10.5 Å². The van der Waals surface area contributed by atoms with E-state index < -0.39 is 6.10 Å². The maximum atomic E-state index is 11.5. The average molecular weight is 273 g/mol. The van der Waals surface area contributed by atoms with E-state index in [2.05, 4.69) is 21.2 Å². The lowest BCUT2D eigenvalue weighted by atomic mass is 10.2. The molecule has 0 radical (unpaired) electrons. The van der Waals surface area contributed by atoms with Gasteiger partial charge in [-0.2, -0.15) is 0 Å². The van der Waals surface area contributed by atoms with Gasteiger partial charge in [0, 0.05) is 11.6 Å². The van der Waals surface area contributed by atoms with Gasteiger partial charge in [0.05, 0.1) is 11.4 Å². The normalized spacial score (nSPS) is 12.2. The minimum atomic E-state index is -0.493. The molecule has 1 rings (SSSR count). The first-order valence-corrected chi connectivity index (χ1v) is 5.22. The third-order valence-electron chi connectivity index (χ3n) is 1.99. The Labute approximate surface area is 96.9 Å². The number of benzene rings is 1. The molecule has 5 heteroatoms. The topological polar surface area (TPSA) is 64.3 Å². The second kappa shape index (κ2) is 5.14. The van der Waals surface area contributed by atoms with Crippen molar-refractivity contribution in [3.8, 4) is 0 Å². The molecule has 1 amide bonds. The average Bonchev–Trinajstić information content (AvgIpc) is 2.20. The van der Waals surface area contributed by atoms with E-state index in [1.54, 1.807) is 19.1 Å². The van der Waals surface area contributed by atoms with E-state index in [1.165, 1.54) is 7.11 Å². The lowest BCUT2D eigenvalue weighted by Crippen LogP contribution is -2.26. The van der Waals surface area contributed by atoms with Gasteiger partial charge in [-0.05, 0) is 25.1 Å². The van der Waals surface area contributed by atoms with Crippen LogP contribution in [0.15, 0.2) is 22.7 Å². The van der Waals surface area contributed by atoms with Crippen LogP contribution in [0.3, 0.4) is 0 Å². The predicted molar refractivity (Wildman–Crippen MR) is 63.7 cm³/mol. The molecule has 0 bridgehead atoms. The fraction of sp³-hybridized carbons (Fsp3) is 0.300. The van der Waals surface area contributed by atoms with Gasteiger partial charge in [0.15, 0.2) is 0 Å². The molecule has 3 N–H and O–H groups in total. The van der Waals surface area contributed by atoms with E-state index in [1.807, 2.05) is 6.07 Å². The van der Waals surface area contributed by atoms with E-state index in [-0.39, 0.29) is 5.91 Å². The quantitative estimate of drug-likeness (QED) is 0.828. The molecule has 4 nitrogen and oxygen atoms in total. The van der Waals surface area contributed by atoms with Crippen molar-refractivity contribution >= 4 is 33.2 Å². The summed E-state index contributed by atoms with van der Waals surface area (Å²) in [5.74, 6) is -0.216. The fourth-order valence-corrected chi connectivity index (χ4v) is 1.37. The van der Waals surface area contributed by atoms with Crippen LogP contribution in [0.1, 0.15) is 6.92 Å². The van der Waals surface area contributed by atoms with Gasteiger partial charge in [0.1, 0.15) is 6.10 Å². The summed E-state index contributed by atoms with van der Waals surface area (Å²) in [5, 5.41) is 2.68. The SMILES string of the molecule is COC(C)C(=O)Nc1ccc(Br)cc1N. The summed E-state index contributed by atoms with van der Waals surface area (Å²) in [7, 11) is 1.48. The summed E-state index contributed by atoms with van der Waals surface area (Å²) in [4.78, 5) is 11.5. The van der Waals surface area contributed by atoms with Gasteiger partial charge in [0.2, 0.25) is 0 Å². The molecule has 0 fully saturated rings. The molecule has 82 valence electrons. The van der Waals surface area contributed by atoms with Gasteiger partial charge >= 0.3 is 0 Å². The lowest BCUT2D eigenvalue weighted by molar-refractivity contribution is -0.124. The zero-order chi connectivity index (χ0) is 11.4. The van der Waals surface area contributed by atoms with Gasteiger partial charge in [-0.25, -0.2) is 0 Å². The number of carbonyl (C=O) groups is 1. The van der Waals surface area contributed by atoms with Crippen LogP contribution in [0.4, 0.5) is 11.4 Å². The first-order valence-electron chi connectivity index (χ1n) is 4.43. The Kier molecular flexibility index (Phi) is 4.11. The zero-order valence-corrected chi connectivity index (χ0v) is 10.2. The number of rotatable bonds is 3. The highest BCUT2D eigenvalue weighted by Gasteiger charge is 2.12. The van der Waals surface area contributed by atoms with Crippen LogP contribution < -0.4 is 11.1 Å². The molecule has 1 unspecified atom stereocenters. The number of nitrogens with two attached hydrogens (primary N) is 1. The molecule has 0 aromatic heterocycles. The number of amides is 1. The Morgan fingerprint density at radius 2 is 2.27 bits per heavy atom. The van der Waals surface area contributed by atoms with Crippen molar-refractivity contribution in [2.45, 2.75) is 13.0 Å². The second-order valence-corrected chi connectivity index (χ2v) is 4.01. The third kappa shape index (κ3) is 3.21. The summed E-state index contributed by atoms with van der Waals surface area (Å²) < 4.78 is 5.76. The van der Waals surface area contributed by atoms with E-state index >= 15 is 0 Å². The van der Waals surface area contributed by atoms with Crippen LogP contribution in [0, 0.1) is 0 Å². The number of halogens is 1. The summed E-state index contributed by atoms with van der Waals surface area (Å²) in [6.45, 7) is 1.67. The first kappa shape index (κ1) is 12.0. The predicted octanol–water partition coefficient (Wildman–Crippen LogP) is 2.00. The van der Waals surface area contributed by atoms with Crippen molar-refractivity contribution in [3.63, 3.8) is 0 Å². The summed E-state index contributed by atoms with van der Waals surface area (Å²) >= 11 is 3.29. The first-order chi connectivity index (χ1) is 7.04. The van der Waals surface area contributed by atoms with Crippen LogP contribution >= 0.6 is 15.9 Å². The minimum Gasteiger partial charge on any atom is -0.397 e. The number of ether oxygens (including phenoxy) is 1. The Balaban J connectivity index is 2.77.